The number of likely N-dealkylation sites (N-methyl/N-ethyl adjacent to an activating group) is 2. The second-order valence-electron chi connectivity index (χ2n) is 10.2. The van der Waals surface area contributed by atoms with Crippen molar-refractivity contribution in [3.63, 3.8) is 0 Å². The number of carbonyl (C=O) groups excluding carboxylic acids is 2. The van der Waals surface area contributed by atoms with E-state index < -0.39 is 0 Å². The van der Waals surface area contributed by atoms with Gasteiger partial charge in [-0.1, -0.05) is 12.1 Å². The normalized spacial score (nSPS) is 29.3. The van der Waals surface area contributed by atoms with E-state index in [2.05, 4.69) is 4.90 Å². The Morgan fingerprint density at radius 3 is 1.90 bits per heavy atom. The molecular weight excluding hydrogens is 381 g/mol. The third-order valence-electron chi connectivity index (χ3n) is 7.44. The number of carbonyl (C=O) groups is 2. The Labute approximate surface area is 179 Å². The van der Waals surface area contributed by atoms with Crippen LogP contribution in [0.1, 0.15) is 44.1 Å². The largest absolute Gasteiger partial charge is 0.348 e. The third kappa shape index (κ3) is 4.39. The number of amides is 2. The van der Waals surface area contributed by atoms with Gasteiger partial charge < -0.3 is 9.80 Å². The Morgan fingerprint density at radius 2 is 1.40 bits per heavy atom. The summed E-state index contributed by atoms with van der Waals surface area (Å²) in [5.74, 6) is 2.00. The van der Waals surface area contributed by atoms with Crippen LogP contribution < -0.4 is 0 Å². The molecule has 1 aromatic rings. The Hall–Kier alpha value is -1.95. The van der Waals surface area contributed by atoms with Crippen molar-refractivity contribution >= 4 is 11.8 Å². The lowest BCUT2D eigenvalue weighted by Crippen LogP contribution is -2.62. The smallest absolute Gasteiger partial charge is 0.237 e. The molecule has 0 aliphatic heterocycles. The van der Waals surface area contributed by atoms with Crippen LogP contribution >= 0.6 is 0 Å². The predicted molar refractivity (Wildman–Crippen MR) is 114 cm³/mol. The summed E-state index contributed by atoms with van der Waals surface area (Å²) in [5, 5.41) is 0. The van der Waals surface area contributed by atoms with E-state index in [0.29, 0.717) is 6.54 Å². The molecule has 6 heteroatoms. The van der Waals surface area contributed by atoms with Gasteiger partial charge in [0.05, 0.1) is 13.1 Å². The summed E-state index contributed by atoms with van der Waals surface area (Å²) in [6.07, 6.45) is 7.21. The summed E-state index contributed by atoms with van der Waals surface area (Å²) in [6, 6.07) is 6.52. The quantitative estimate of drug-likeness (QED) is 0.687. The van der Waals surface area contributed by atoms with Gasteiger partial charge in [0.15, 0.2) is 0 Å². The molecule has 0 saturated heterocycles. The summed E-state index contributed by atoms with van der Waals surface area (Å²) in [5.41, 5.74) is 0.889. The zero-order valence-electron chi connectivity index (χ0n) is 18.4. The lowest BCUT2D eigenvalue weighted by Gasteiger charge is -2.60. The molecule has 4 bridgehead atoms. The highest BCUT2D eigenvalue weighted by atomic mass is 19.1. The van der Waals surface area contributed by atoms with Crippen LogP contribution in [0, 0.1) is 23.6 Å². The molecule has 4 aliphatic carbocycles. The van der Waals surface area contributed by atoms with Crippen molar-refractivity contribution in [1.82, 2.24) is 14.7 Å². The molecule has 0 spiro atoms. The lowest BCUT2D eigenvalue weighted by molar-refractivity contribution is -0.153. The first kappa shape index (κ1) is 21.3. The van der Waals surface area contributed by atoms with Crippen LogP contribution in [0.3, 0.4) is 0 Å². The molecule has 2 amide bonds. The van der Waals surface area contributed by atoms with E-state index in [4.69, 9.17) is 0 Å². The minimum atomic E-state index is -0.256. The summed E-state index contributed by atoms with van der Waals surface area (Å²) < 4.78 is 13.4. The molecular formula is C24H34FN3O2. The van der Waals surface area contributed by atoms with Gasteiger partial charge in [-0.2, -0.15) is 0 Å². The van der Waals surface area contributed by atoms with E-state index in [1.165, 1.54) is 31.4 Å². The minimum Gasteiger partial charge on any atom is -0.348 e. The molecule has 4 fully saturated rings. The lowest BCUT2D eigenvalue weighted by atomic mass is 9.52. The minimum absolute atomic E-state index is 0.00908. The van der Waals surface area contributed by atoms with Crippen LogP contribution in [0.25, 0.3) is 0 Å². The molecule has 5 nitrogen and oxygen atoms in total. The number of hydrogen-bond acceptors (Lipinski definition) is 3. The van der Waals surface area contributed by atoms with Crippen molar-refractivity contribution < 1.29 is 14.0 Å². The molecule has 164 valence electrons. The standard InChI is InChI=1S/C24H34FN3O2/c1-26(2)22(29)15-27(3)16-23(30)28(14-17-4-6-21(25)7-5-17)24-11-18-8-19(12-24)10-20(9-18)13-24/h4-7,18-20H,8-16H2,1-3H3. The molecule has 1 aromatic carbocycles. The second-order valence-corrected chi connectivity index (χ2v) is 10.2. The van der Waals surface area contributed by atoms with Gasteiger partial charge in [0.25, 0.3) is 0 Å². The highest BCUT2D eigenvalue weighted by Gasteiger charge is 2.54. The topological polar surface area (TPSA) is 43.9 Å². The van der Waals surface area contributed by atoms with E-state index in [1.807, 2.05) is 11.9 Å². The summed E-state index contributed by atoms with van der Waals surface area (Å²) in [4.78, 5) is 31.1. The van der Waals surface area contributed by atoms with Crippen LogP contribution in [-0.4, -0.2) is 66.3 Å². The Morgan fingerprint density at radius 1 is 0.900 bits per heavy atom. The number of hydrogen-bond donors (Lipinski definition) is 0. The van der Waals surface area contributed by atoms with Crippen LogP contribution in [0.4, 0.5) is 4.39 Å². The van der Waals surface area contributed by atoms with E-state index in [0.717, 1.165) is 42.6 Å². The molecule has 4 saturated carbocycles. The maximum atomic E-state index is 13.6. The SMILES string of the molecule is CN(CC(=O)N(C)C)CC(=O)N(Cc1ccc(F)cc1)C12CC3CC(CC(C3)C1)C2. The fourth-order valence-corrected chi connectivity index (χ4v) is 6.43. The summed E-state index contributed by atoms with van der Waals surface area (Å²) in [6.45, 7) is 0.966. The average Bonchev–Trinajstić information content (AvgIpc) is 2.65. The van der Waals surface area contributed by atoms with Gasteiger partial charge >= 0.3 is 0 Å². The first-order valence-corrected chi connectivity index (χ1v) is 11.2. The van der Waals surface area contributed by atoms with Gasteiger partial charge in [-0.3, -0.25) is 14.5 Å². The van der Waals surface area contributed by atoms with Gasteiger partial charge in [-0.25, -0.2) is 4.39 Å². The van der Waals surface area contributed by atoms with Crippen molar-refractivity contribution in [3.05, 3.63) is 35.6 Å². The highest BCUT2D eigenvalue weighted by molar-refractivity contribution is 5.81. The fraction of sp³-hybridized carbons (Fsp3) is 0.667. The Kier molecular flexibility index (Phi) is 5.88. The van der Waals surface area contributed by atoms with Gasteiger partial charge in [-0.05, 0) is 81.0 Å². The van der Waals surface area contributed by atoms with Crippen molar-refractivity contribution in [3.8, 4) is 0 Å². The van der Waals surface area contributed by atoms with Gasteiger partial charge in [0, 0.05) is 26.2 Å². The van der Waals surface area contributed by atoms with Crippen LogP contribution in [0.15, 0.2) is 24.3 Å². The number of halogens is 1. The molecule has 0 atom stereocenters. The van der Waals surface area contributed by atoms with Crippen molar-refractivity contribution in [2.45, 2.75) is 50.6 Å². The maximum absolute atomic E-state index is 13.6. The average molecular weight is 416 g/mol. The van der Waals surface area contributed by atoms with Gasteiger partial charge in [0.2, 0.25) is 11.8 Å². The highest BCUT2D eigenvalue weighted by Crippen LogP contribution is 2.58. The molecule has 0 N–H and O–H groups in total. The number of rotatable bonds is 7. The van der Waals surface area contributed by atoms with Gasteiger partial charge in [-0.15, -0.1) is 0 Å². The number of nitrogens with zero attached hydrogens (tertiary/aromatic N) is 3. The van der Waals surface area contributed by atoms with E-state index in [1.54, 1.807) is 31.1 Å². The van der Waals surface area contributed by atoms with Crippen LogP contribution in [0.5, 0.6) is 0 Å². The van der Waals surface area contributed by atoms with Crippen molar-refractivity contribution in [2.24, 2.45) is 17.8 Å². The zero-order chi connectivity index (χ0) is 21.5. The molecule has 0 heterocycles. The van der Waals surface area contributed by atoms with E-state index >= 15 is 0 Å². The predicted octanol–water partition coefficient (Wildman–Crippen LogP) is 3.14. The molecule has 30 heavy (non-hydrogen) atoms. The molecule has 0 unspecified atom stereocenters. The van der Waals surface area contributed by atoms with Crippen LogP contribution in [0.2, 0.25) is 0 Å². The fourth-order valence-electron chi connectivity index (χ4n) is 6.43. The summed E-state index contributed by atoms with van der Waals surface area (Å²) >= 11 is 0. The monoisotopic (exact) mass is 415 g/mol. The molecule has 4 aliphatic rings. The van der Waals surface area contributed by atoms with Crippen LogP contribution in [-0.2, 0) is 16.1 Å². The molecule has 0 aromatic heterocycles. The van der Waals surface area contributed by atoms with E-state index in [9.17, 15) is 14.0 Å². The second kappa shape index (κ2) is 8.29. The van der Waals surface area contributed by atoms with Gasteiger partial charge in [0.1, 0.15) is 5.82 Å². The Balaban J connectivity index is 1.55. The summed E-state index contributed by atoms with van der Waals surface area (Å²) in [7, 11) is 5.29. The Bertz CT molecular complexity index is 757. The first-order chi connectivity index (χ1) is 14.2. The van der Waals surface area contributed by atoms with Crippen molar-refractivity contribution in [1.29, 1.82) is 0 Å². The third-order valence-corrected chi connectivity index (χ3v) is 7.44. The molecule has 5 rings (SSSR count). The first-order valence-electron chi connectivity index (χ1n) is 11.2. The zero-order valence-corrected chi connectivity index (χ0v) is 18.4. The molecule has 0 radical (unpaired) electrons. The maximum Gasteiger partial charge on any atom is 0.237 e. The van der Waals surface area contributed by atoms with Crippen molar-refractivity contribution in [2.75, 3.05) is 34.2 Å². The number of benzene rings is 1. The van der Waals surface area contributed by atoms with E-state index in [-0.39, 0.29) is 36.3 Å².